The second kappa shape index (κ2) is 7.06. The lowest BCUT2D eigenvalue weighted by atomic mass is 10.1. The van der Waals surface area contributed by atoms with E-state index in [0.717, 1.165) is 25.7 Å². The van der Waals surface area contributed by atoms with Crippen LogP contribution in [0, 0.1) is 0 Å². The van der Waals surface area contributed by atoms with E-state index in [9.17, 15) is 4.79 Å². The average molecular weight is 174 g/mol. The fourth-order valence-corrected chi connectivity index (χ4v) is 0.977. The molecule has 72 valence electrons. The van der Waals surface area contributed by atoms with Crippen molar-refractivity contribution in [2.24, 2.45) is 11.5 Å². The van der Waals surface area contributed by atoms with Crippen LogP contribution in [0.25, 0.3) is 0 Å². The molecule has 0 radical (unpaired) electrons. The molecule has 0 spiro atoms. The number of unbranched alkanes of at least 4 members (excludes halogenated alkanes) is 2. The Balaban J connectivity index is 3.05. The maximum absolute atomic E-state index is 10.1. The molecular weight excluding hydrogens is 156 g/mol. The Bertz CT molecular complexity index is 128. The minimum absolute atomic E-state index is 0.0785. The predicted molar refractivity (Wildman–Crippen MR) is 47.8 cm³/mol. The summed E-state index contributed by atoms with van der Waals surface area (Å²) in [5.41, 5.74) is 10.9. The van der Waals surface area contributed by atoms with Gasteiger partial charge in [-0.1, -0.05) is 12.8 Å². The van der Waals surface area contributed by atoms with Gasteiger partial charge in [-0.2, -0.15) is 0 Å². The minimum Gasteiger partial charge on any atom is -0.481 e. The summed E-state index contributed by atoms with van der Waals surface area (Å²) in [4.78, 5) is 10.1. The van der Waals surface area contributed by atoms with Crippen molar-refractivity contribution in [2.75, 3.05) is 6.54 Å². The molecule has 0 fully saturated rings. The van der Waals surface area contributed by atoms with Crippen LogP contribution in [-0.4, -0.2) is 23.7 Å². The highest BCUT2D eigenvalue weighted by molar-refractivity contribution is 5.66. The van der Waals surface area contributed by atoms with E-state index < -0.39 is 5.97 Å². The largest absolute Gasteiger partial charge is 0.481 e. The van der Waals surface area contributed by atoms with Crippen molar-refractivity contribution in [3.8, 4) is 0 Å². The van der Waals surface area contributed by atoms with E-state index >= 15 is 0 Å². The van der Waals surface area contributed by atoms with Crippen LogP contribution in [0.4, 0.5) is 0 Å². The molecule has 0 rings (SSSR count). The first-order chi connectivity index (χ1) is 5.66. The van der Waals surface area contributed by atoms with Gasteiger partial charge in [0.1, 0.15) is 0 Å². The zero-order valence-electron chi connectivity index (χ0n) is 7.33. The Kier molecular flexibility index (Phi) is 6.70. The summed E-state index contributed by atoms with van der Waals surface area (Å²) in [5.74, 6) is -0.724. The van der Waals surface area contributed by atoms with Crippen LogP contribution in [0.2, 0.25) is 0 Å². The molecule has 0 aliphatic heterocycles. The molecule has 0 aromatic heterocycles. The van der Waals surface area contributed by atoms with E-state index in [1.54, 1.807) is 0 Å². The molecule has 0 aromatic rings. The number of rotatable bonds is 7. The van der Waals surface area contributed by atoms with Gasteiger partial charge in [0.05, 0.1) is 0 Å². The summed E-state index contributed by atoms with van der Waals surface area (Å²) in [6, 6.07) is 0.0785. The van der Waals surface area contributed by atoms with Gasteiger partial charge in [-0.15, -0.1) is 0 Å². The van der Waals surface area contributed by atoms with E-state index in [4.69, 9.17) is 16.6 Å². The first-order valence-corrected chi connectivity index (χ1v) is 4.34. The average Bonchev–Trinajstić information content (AvgIpc) is 2.03. The quantitative estimate of drug-likeness (QED) is 0.484. The van der Waals surface area contributed by atoms with Crippen LogP contribution >= 0.6 is 0 Å². The molecule has 0 saturated carbocycles. The molecule has 5 N–H and O–H groups in total. The van der Waals surface area contributed by atoms with E-state index in [0.29, 0.717) is 6.54 Å². The van der Waals surface area contributed by atoms with Gasteiger partial charge in [0.15, 0.2) is 0 Å². The third kappa shape index (κ3) is 7.50. The van der Waals surface area contributed by atoms with Crippen molar-refractivity contribution in [1.82, 2.24) is 0 Å². The van der Waals surface area contributed by atoms with Crippen molar-refractivity contribution >= 4 is 5.97 Å². The number of nitrogens with two attached hydrogens (primary N) is 2. The van der Waals surface area contributed by atoms with Gasteiger partial charge < -0.3 is 16.6 Å². The first-order valence-electron chi connectivity index (χ1n) is 4.34. The molecule has 0 heterocycles. The maximum Gasteiger partial charge on any atom is 0.303 e. The summed E-state index contributed by atoms with van der Waals surface area (Å²) >= 11 is 0. The van der Waals surface area contributed by atoms with Gasteiger partial charge >= 0.3 is 5.97 Å². The maximum atomic E-state index is 10.1. The second-order valence-electron chi connectivity index (χ2n) is 2.99. The van der Waals surface area contributed by atoms with Crippen molar-refractivity contribution in [2.45, 2.75) is 38.1 Å². The first kappa shape index (κ1) is 11.4. The van der Waals surface area contributed by atoms with Crippen LogP contribution in [0.3, 0.4) is 0 Å². The van der Waals surface area contributed by atoms with Gasteiger partial charge in [0.25, 0.3) is 0 Å². The number of carbonyl (C=O) groups is 1. The smallest absolute Gasteiger partial charge is 0.303 e. The second-order valence-corrected chi connectivity index (χ2v) is 2.99. The van der Waals surface area contributed by atoms with Crippen LogP contribution in [0.15, 0.2) is 0 Å². The number of hydrogen-bond donors (Lipinski definition) is 3. The molecule has 12 heavy (non-hydrogen) atoms. The molecule has 4 heteroatoms. The van der Waals surface area contributed by atoms with Crippen LogP contribution in [0.1, 0.15) is 32.1 Å². The molecule has 4 nitrogen and oxygen atoms in total. The van der Waals surface area contributed by atoms with Crippen LogP contribution < -0.4 is 11.5 Å². The van der Waals surface area contributed by atoms with E-state index in [-0.39, 0.29) is 12.5 Å². The molecule has 0 saturated heterocycles. The minimum atomic E-state index is -0.724. The zero-order valence-corrected chi connectivity index (χ0v) is 7.33. The monoisotopic (exact) mass is 174 g/mol. The number of carboxylic acids is 1. The van der Waals surface area contributed by atoms with Crippen molar-refractivity contribution in [3.05, 3.63) is 0 Å². The zero-order chi connectivity index (χ0) is 9.40. The lowest BCUT2D eigenvalue weighted by Crippen LogP contribution is -2.29. The highest BCUT2D eigenvalue weighted by Crippen LogP contribution is 2.03. The van der Waals surface area contributed by atoms with Gasteiger partial charge in [-0.05, 0) is 12.8 Å². The highest BCUT2D eigenvalue weighted by Gasteiger charge is 2.00. The SMILES string of the molecule is NC[C@@H](N)CCCCCC(=O)O. The predicted octanol–water partition coefficient (Wildman–Crippen LogP) is 0.307. The van der Waals surface area contributed by atoms with Crippen molar-refractivity contribution in [1.29, 1.82) is 0 Å². The van der Waals surface area contributed by atoms with Gasteiger partial charge in [0, 0.05) is 19.0 Å². The molecule has 0 aliphatic carbocycles. The molecule has 0 bridgehead atoms. The Morgan fingerprint density at radius 3 is 2.50 bits per heavy atom. The van der Waals surface area contributed by atoms with Crippen LogP contribution in [0.5, 0.6) is 0 Å². The van der Waals surface area contributed by atoms with E-state index in [1.807, 2.05) is 0 Å². The Hall–Kier alpha value is -0.610. The lowest BCUT2D eigenvalue weighted by molar-refractivity contribution is -0.137. The summed E-state index contributed by atoms with van der Waals surface area (Å²) < 4.78 is 0. The summed E-state index contributed by atoms with van der Waals surface area (Å²) in [6.45, 7) is 0.513. The van der Waals surface area contributed by atoms with Gasteiger partial charge in [-0.3, -0.25) is 4.79 Å². The number of aliphatic carboxylic acids is 1. The number of carboxylic acid groups (broad SMARTS) is 1. The molecule has 0 amide bonds. The van der Waals surface area contributed by atoms with E-state index in [2.05, 4.69) is 0 Å². The molecule has 1 atom stereocenters. The Morgan fingerprint density at radius 1 is 1.33 bits per heavy atom. The van der Waals surface area contributed by atoms with Gasteiger partial charge in [0.2, 0.25) is 0 Å². The van der Waals surface area contributed by atoms with E-state index in [1.165, 1.54) is 0 Å². The van der Waals surface area contributed by atoms with Gasteiger partial charge in [-0.25, -0.2) is 0 Å². The summed E-state index contributed by atoms with van der Waals surface area (Å²) in [5, 5.41) is 8.32. The highest BCUT2D eigenvalue weighted by atomic mass is 16.4. The van der Waals surface area contributed by atoms with Crippen LogP contribution in [-0.2, 0) is 4.79 Å². The Morgan fingerprint density at radius 2 is 2.00 bits per heavy atom. The third-order valence-corrected chi connectivity index (χ3v) is 1.77. The normalized spacial score (nSPS) is 12.8. The van der Waals surface area contributed by atoms with Crippen molar-refractivity contribution < 1.29 is 9.90 Å². The lowest BCUT2D eigenvalue weighted by Gasteiger charge is -2.06. The third-order valence-electron chi connectivity index (χ3n) is 1.77. The molecule has 0 aromatic carbocycles. The Labute approximate surface area is 72.9 Å². The fourth-order valence-electron chi connectivity index (χ4n) is 0.977. The number of hydrogen-bond acceptors (Lipinski definition) is 3. The summed E-state index contributed by atoms with van der Waals surface area (Å²) in [7, 11) is 0. The fraction of sp³-hybridized carbons (Fsp3) is 0.875. The molecule has 0 unspecified atom stereocenters. The standard InChI is InChI=1S/C8H18N2O2/c9-6-7(10)4-2-1-3-5-8(11)12/h7H,1-6,9-10H2,(H,11,12)/t7-/m0/s1. The van der Waals surface area contributed by atoms with Crippen molar-refractivity contribution in [3.63, 3.8) is 0 Å². The topological polar surface area (TPSA) is 89.3 Å². The molecular formula is C8H18N2O2. The molecule has 0 aliphatic rings. The summed E-state index contributed by atoms with van der Waals surface area (Å²) in [6.07, 6.45) is 3.81.